The topological polar surface area (TPSA) is 68.3 Å². The SMILES string of the molecule is O=CC1Cc2cccc(c2)CCCCOc2cccc(c2)-c2ncccc2C(=O)N1. The maximum Gasteiger partial charge on any atom is 0.254 e. The lowest BCUT2D eigenvalue weighted by molar-refractivity contribution is -0.109. The molecule has 2 heterocycles. The lowest BCUT2D eigenvalue weighted by Crippen LogP contribution is -2.38. The summed E-state index contributed by atoms with van der Waals surface area (Å²) in [5, 5.41) is 2.86. The zero-order chi connectivity index (χ0) is 20.8. The van der Waals surface area contributed by atoms with Gasteiger partial charge in [0.2, 0.25) is 0 Å². The van der Waals surface area contributed by atoms with Crippen molar-refractivity contribution in [2.75, 3.05) is 6.61 Å². The Kier molecular flexibility index (Phi) is 6.18. The van der Waals surface area contributed by atoms with E-state index in [1.54, 1.807) is 18.3 Å². The molecule has 30 heavy (non-hydrogen) atoms. The van der Waals surface area contributed by atoms with Crippen molar-refractivity contribution in [1.82, 2.24) is 10.3 Å². The van der Waals surface area contributed by atoms with Crippen molar-refractivity contribution >= 4 is 12.2 Å². The third kappa shape index (κ3) is 4.74. The molecule has 5 heteroatoms. The normalized spacial score (nSPS) is 17.1. The highest BCUT2D eigenvalue weighted by Gasteiger charge is 2.18. The molecule has 0 saturated heterocycles. The molecule has 0 spiro atoms. The minimum Gasteiger partial charge on any atom is -0.494 e. The van der Waals surface area contributed by atoms with Gasteiger partial charge in [-0.05, 0) is 61.1 Å². The Labute approximate surface area is 176 Å². The van der Waals surface area contributed by atoms with Gasteiger partial charge in [0.15, 0.2) is 0 Å². The van der Waals surface area contributed by atoms with Crippen LogP contribution in [0.15, 0.2) is 66.9 Å². The van der Waals surface area contributed by atoms with E-state index < -0.39 is 6.04 Å². The Morgan fingerprint density at radius 1 is 1.00 bits per heavy atom. The molecule has 1 unspecified atom stereocenters. The fraction of sp³-hybridized carbons (Fsp3) is 0.240. The van der Waals surface area contributed by atoms with Crippen LogP contribution in [0.1, 0.15) is 34.3 Å². The first-order chi connectivity index (χ1) is 14.7. The number of pyridine rings is 1. The van der Waals surface area contributed by atoms with E-state index in [1.165, 1.54) is 5.56 Å². The second-order valence-electron chi connectivity index (χ2n) is 7.47. The number of nitrogens with zero attached hydrogens (tertiary/aromatic N) is 1. The number of aromatic nitrogens is 1. The number of carbonyl (C=O) groups excluding carboxylic acids is 2. The average molecular weight is 400 g/mol. The summed E-state index contributed by atoms with van der Waals surface area (Å²) in [6, 6.07) is 18.7. The van der Waals surface area contributed by atoms with Crippen LogP contribution in [0, 0.1) is 0 Å². The number of nitrogens with one attached hydrogen (secondary N) is 1. The van der Waals surface area contributed by atoms with Crippen molar-refractivity contribution < 1.29 is 14.3 Å². The van der Waals surface area contributed by atoms with E-state index in [9.17, 15) is 9.59 Å². The molecule has 2 aromatic carbocycles. The third-order valence-corrected chi connectivity index (χ3v) is 5.22. The first-order valence-corrected chi connectivity index (χ1v) is 10.2. The molecule has 5 nitrogen and oxygen atoms in total. The average Bonchev–Trinajstić information content (AvgIpc) is 2.78. The van der Waals surface area contributed by atoms with Crippen LogP contribution >= 0.6 is 0 Å². The van der Waals surface area contributed by atoms with E-state index in [0.29, 0.717) is 24.3 Å². The fourth-order valence-electron chi connectivity index (χ4n) is 3.72. The van der Waals surface area contributed by atoms with Crippen LogP contribution in [0.25, 0.3) is 11.3 Å². The zero-order valence-corrected chi connectivity index (χ0v) is 16.7. The summed E-state index contributed by atoms with van der Waals surface area (Å²) in [6.45, 7) is 0.631. The number of carbonyl (C=O) groups is 2. The number of rotatable bonds is 1. The van der Waals surface area contributed by atoms with E-state index in [2.05, 4.69) is 22.4 Å². The molecule has 0 saturated carbocycles. The van der Waals surface area contributed by atoms with Crippen LogP contribution in [-0.4, -0.2) is 29.8 Å². The molecule has 1 N–H and O–H groups in total. The molecular weight excluding hydrogens is 376 g/mol. The molecule has 0 aliphatic carbocycles. The highest BCUT2D eigenvalue weighted by atomic mass is 16.5. The third-order valence-electron chi connectivity index (χ3n) is 5.22. The number of aldehydes is 1. The molecule has 1 aromatic heterocycles. The number of benzene rings is 2. The molecule has 0 fully saturated rings. The molecule has 4 bridgehead atoms. The minimum atomic E-state index is -0.605. The predicted octanol–water partition coefficient (Wildman–Crippen LogP) is 4.00. The van der Waals surface area contributed by atoms with E-state index in [1.807, 2.05) is 36.4 Å². The van der Waals surface area contributed by atoms with E-state index >= 15 is 0 Å². The van der Waals surface area contributed by atoms with Gasteiger partial charge in [0, 0.05) is 11.8 Å². The van der Waals surface area contributed by atoms with Crippen LogP contribution in [0.5, 0.6) is 5.75 Å². The maximum atomic E-state index is 13.0. The second kappa shape index (κ2) is 9.35. The maximum absolute atomic E-state index is 13.0. The summed E-state index contributed by atoms with van der Waals surface area (Å²) in [5.41, 5.74) is 4.06. The molecule has 1 atom stereocenters. The minimum absolute atomic E-state index is 0.318. The van der Waals surface area contributed by atoms with Gasteiger partial charge in [-0.1, -0.05) is 36.4 Å². The standard InChI is InChI=1S/C25H24N2O3/c28-17-21-15-19-8-3-7-18(14-19)6-1-2-13-30-22-10-4-9-20(16-22)24-23(25(29)27-21)11-5-12-26-24/h3-5,7-12,14,16-17,21H,1-2,6,13,15H2,(H,27,29). The monoisotopic (exact) mass is 400 g/mol. The van der Waals surface area contributed by atoms with Crippen LogP contribution in [-0.2, 0) is 17.6 Å². The predicted molar refractivity (Wildman–Crippen MR) is 116 cm³/mol. The van der Waals surface area contributed by atoms with E-state index in [0.717, 1.165) is 42.4 Å². The number of hydrogen-bond acceptors (Lipinski definition) is 4. The van der Waals surface area contributed by atoms with Gasteiger partial charge in [0.1, 0.15) is 12.0 Å². The summed E-state index contributed by atoms with van der Waals surface area (Å²) in [5.74, 6) is 0.434. The quantitative estimate of drug-likeness (QED) is 0.627. The summed E-state index contributed by atoms with van der Waals surface area (Å²) >= 11 is 0. The molecule has 3 aromatic rings. The summed E-state index contributed by atoms with van der Waals surface area (Å²) in [6.07, 6.45) is 5.82. The lowest BCUT2D eigenvalue weighted by atomic mass is 10.0. The van der Waals surface area contributed by atoms with Crippen molar-refractivity contribution in [1.29, 1.82) is 0 Å². The van der Waals surface area contributed by atoms with Gasteiger partial charge in [-0.25, -0.2) is 0 Å². The highest BCUT2D eigenvalue weighted by molar-refractivity contribution is 6.01. The Balaban J connectivity index is 1.70. The Hall–Kier alpha value is -3.47. The van der Waals surface area contributed by atoms with Crippen LogP contribution in [0.4, 0.5) is 0 Å². The smallest absolute Gasteiger partial charge is 0.254 e. The lowest BCUT2D eigenvalue weighted by Gasteiger charge is -2.15. The summed E-state index contributed by atoms with van der Waals surface area (Å²) < 4.78 is 5.93. The molecule has 1 aliphatic heterocycles. The highest BCUT2D eigenvalue weighted by Crippen LogP contribution is 2.25. The van der Waals surface area contributed by atoms with E-state index in [4.69, 9.17) is 4.74 Å². The molecule has 1 amide bonds. The number of ether oxygens (including phenoxy) is 1. The molecule has 4 rings (SSSR count). The van der Waals surface area contributed by atoms with Gasteiger partial charge in [-0.2, -0.15) is 0 Å². The summed E-state index contributed by atoms with van der Waals surface area (Å²) in [4.78, 5) is 29.1. The van der Waals surface area contributed by atoms with E-state index in [-0.39, 0.29) is 5.91 Å². The second-order valence-corrected chi connectivity index (χ2v) is 7.47. The molecule has 152 valence electrons. The van der Waals surface area contributed by atoms with Crippen LogP contribution in [0.2, 0.25) is 0 Å². The number of hydrogen-bond donors (Lipinski definition) is 1. The number of amides is 1. The fourth-order valence-corrected chi connectivity index (χ4v) is 3.72. The van der Waals surface area contributed by atoms with Gasteiger partial charge in [-0.15, -0.1) is 0 Å². The number of fused-ring (bicyclic) bond motifs is 6. The van der Waals surface area contributed by atoms with Gasteiger partial charge in [0.05, 0.1) is 23.9 Å². The van der Waals surface area contributed by atoms with Gasteiger partial charge >= 0.3 is 0 Å². The summed E-state index contributed by atoms with van der Waals surface area (Å²) in [7, 11) is 0. The molecular formula is C25H24N2O3. The Morgan fingerprint density at radius 2 is 1.87 bits per heavy atom. The molecule has 0 radical (unpaired) electrons. The first kappa shape index (κ1) is 19.8. The first-order valence-electron chi connectivity index (χ1n) is 10.2. The largest absolute Gasteiger partial charge is 0.494 e. The molecule has 1 aliphatic rings. The van der Waals surface area contributed by atoms with Crippen molar-refractivity contribution in [3.63, 3.8) is 0 Å². The van der Waals surface area contributed by atoms with Crippen molar-refractivity contribution in [2.24, 2.45) is 0 Å². The van der Waals surface area contributed by atoms with Crippen LogP contribution in [0.3, 0.4) is 0 Å². The van der Waals surface area contributed by atoms with Gasteiger partial charge in [0.25, 0.3) is 5.91 Å². The van der Waals surface area contributed by atoms with Gasteiger partial charge < -0.3 is 14.8 Å². The van der Waals surface area contributed by atoms with Gasteiger partial charge in [-0.3, -0.25) is 9.78 Å². The van der Waals surface area contributed by atoms with Crippen molar-refractivity contribution in [3.05, 3.63) is 83.6 Å². The zero-order valence-electron chi connectivity index (χ0n) is 16.7. The van der Waals surface area contributed by atoms with Crippen molar-refractivity contribution in [2.45, 2.75) is 31.7 Å². The Bertz CT molecular complexity index is 1050. The van der Waals surface area contributed by atoms with Crippen molar-refractivity contribution in [3.8, 4) is 17.0 Å². The van der Waals surface area contributed by atoms with Crippen LogP contribution < -0.4 is 10.1 Å². The number of aryl methyl sites for hydroxylation is 1. The Morgan fingerprint density at radius 3 is 2.77 bits per heavy atom.